The van der Waals surface area contributed by atoms with Gasteiger partial charge in [0.15, 0.2) is 11.5 Å². The van der Waals surface area contributed by atoms with Gasteiger partial charge in [-0.3, -0.25) is 9.59 Å². The minimum atomic E-state index is -1.50. The maximum absolute atomic E-state index is 12.5. The average Bonchev–Trinajstić information content (AvgIpc) is 2.78. The number of esters is 2. The Bertz CT molecular complexity index is 771. The number of rotatable bonds is 14. The zero-order chi connectivity index (χ0) is 24.4. The Hall–Kier alpha value is -2.24. The van der Waals surface area contributed by atoms with Gasteiger partial charge in [0.2, 0.25) is 0 Å². The van der Waals surface area contributed by atoms with Crippen molar-refractivity contribution in [3.63, 3.8) is 0 Å². The lowest BCUT2D eigenvalue weighted by Gasteiger charge is -2.39. The van der Waals surface area contributed by atoms with Crippen molar-refractivity contribution in [2.75, 3.05) is 7.11 Å². The van der Waals surface area contributed by atoms with E-state index < -0.39 is 17.7 Å². The van der Waals surface area contributed by atoms with Crippen LogP contribution < -0.4 is 4.74 Å². The molecule has 1 aliphatic heterocycles. The summed E-state index contributed by atoms with van der Waals surface area (Å²) < 4.78 is 17.4. The van der Waals surface area contributed by atoms with Crippen LogP contribution in [0.25, 0.3) is 0 Å². The Morgan fingerprint density at radius 1 is 0.970 bits per heavy atom. The summed E-state index contributed by atoms with van der Waals surface area (Å²) >= 11 is 0. The number of phenols is 1. The SMILES string of the molecule is CCCCC(CC)Cc1c(C2(CC(CC)CCCC)OC(=O)CC(=O)O2)ccc(O)c1OC. The van der Waals surface area contributed by atoms with Crippen molar-refractivity contribution in [3.8, 4) is 11.5 Å². The van der Waals surface area contributed by atoms with Gasteiger partial charge in [-0.15, -0.1) is 0 Å². The average molecular weight is 463 g/mol. The van der Waals surface area contributed by atoms with E-state index in [1.165, 1.54) is 13.2 Å². The monoisotopic (exact) mass is 462 g/mol. The van der Waals surface area contributed by atoms with Gasteiger partial charge in [-0.25, -0.2) is 0 Å². The lowest BCUT2D eigenvalue weighted by Crippen LogP contribution is -2.45. The molecule has 2 unspecified atom stereocenters. The van der Waals surface area contributed by atoms with E-state index in [-0.39, 0.29) is 18.1 Å². The number of methoxy groups -OCH3 is 1. The van der Waals surface area contributed by atoms with Crippen LogP contribution in [0, 0.1) is 11.8 Å². The van der Waals surface area contributed by atoms with Gasteiger partial charge in [0.1, 0.15) is 6.42 Å². The quantitative estimate of drug-likeness (QED) is 0.254. The molecule has 0 bridgehead atoms. The van der Waals surface area contributed by atoms with Crippen molar-refractivity contribution in [1.82, 2.24) is 0 Å². The van der Waals surface area contributed by atoms with Crippen LogP contribution in [0.1, 0.15) is 103 Å². The number of aromatic hydroxyl groups is 1. The predicted octanol–water partition coefficient (Wildman–Crippen LogP) is 6.41. The minimum Gasteiger partial charge on any atom is -0.504 e. The van der Waals surface area contributed by atoms with Crippen LogP contribution in [0.3, 0.4) is 0 Å². The molecule has 1 aromatic rings. The highest BCUT2D eigenvalue weighted by Crippen LogP contribution is 2.46. The fourth-order valence-electron chi connectivity index (χ4n) is 4.84. The van der Waals surface area contributed by atoms with Crippen molar-refractivity contribution in [2.24, 2.45) is 11.8 Å². The molecule has 0 spiro atoms. The maximum atomic E-state index is 12.5. The number of carbonyl (C=O) groups excluding carboxylic acids is 2. The summed E-state index contributed by atoms with van der Waals surface area (Å²) in [6, 6.07) is 3.27. The molecule has 2 atom stereocenters. The summed E-state index contributed by atoms with van der Waals surface area (Å²) in [5.41, 5.74) is 1.37. The Morgan fingerprint density at radius 2 is 1.55 bits per heavy atom. The summed E-state index contributed by atoms with van der Waals surface area (Å²) in [5.74, 6) is -1.67. The van der Waals surface area contributed by atoms with Crippen molar-refractivity contribution in [3.05, 3.63) is 23.3 Å². The van der Waals surface area contributed by atoms with Gasteiger partial charge >= 0.3 is 11.9 Å². The van der Waals surface area contributed by atoms with E-state index in [0.717, 1.165) is 56.9 Å². The molecular formula is C27H42O6. The molecule has 33 heavy (non-hydrogen) atoms. The smallest absolute Gasteiger partial charge is 0.320 e. The first-order chi connectivity index (χ1) is 15.8. The lowest BCUT2D eigenvalue weighted by atomic mass is 9.82. The summed E-state index contributed by atoms with van der Waals surface area (Å²) in [6.45, 7) is 8.58. The van der Waals surface area contributed by atoms with E-state index in [2.05, 4.69) is 27.7 Å². The third-order valence-electron chi connectivity index (χ3n) is 6.84. The topological polar surface area (TPSA) is 82.1 Å². The molecule has 1 saturated heterocycles. The van der Waals surface area contributed by atoms with Crippen LogP contribution in [0.2, 0.25) is 0 Å². The highest BCUT2D eigenvalue weighted by Gasteiger charge is 2.48. The Labute approximate surface area is 199 Å². The first kappa shape index (κ1) is 27.0. The van der Waals surface area contributed by atoms with E-state index >= 15 is 0 Å². The number of carbonyl (C=O) groups is 2. The minimum absolute atomic E-state index is 0.0308. The van der Waals surface area contributed by atoms with Crippen LogP contribution in [-0.2, 0) is 31.3 Å². The van der Waals surface area contributed by atoms with E-state index in [9.17, 15) is 14.7 Å². The molecule has 1 aliphatic rings. The maximum Gasteiger partial charge on any atom is 0.320 e. The van der Waals surface area contributed by atoms with Crippen molar-refractivity contribution < 1.29 is 28.9 Å². The lowest BCUT2D eigenvalue weighted by molar-refractivity contribution is -0.256. The number of cyclic esters (lactones) is 2. The normalized spacial score (nSPS) is 17.2. The van der Waals surface area contributed by atoms with E-state index in [1.807, 2.05) is 0 Å². The molecule has 1 N–H and O–H groups in total. The molecule has 0 saturated carbocycles. The number of hydrogen-bond donors (Lipinski definition) is 1. The molecule has 1 heterocycles. The zero-order valence-electron chi connectivity index (χ0n) is 21.1. The second-order valence-electron chi connectivity index (χ2n) is 9.26. The fraction of sp³-hybridized carbons (Fsp3) is 0.704. The molecule has 0 aromatic heterocycles. The van der Waals surface area contributed by atoms with Crippen LogP contribution in [-0.4, -0.2) is 24.2 Å². The summed E-state index contributed by atoms with van der Waals surface area (Å²) in [5, 5.41) is 10.6. The molecule has 186 valence electrons. The molecule has 0 aliphatic carbocycles. The first-order valence-corrected chi connectivity index (χ1v) is 12.7. The molecule has 2 rings (SSSR count). The molecule has 6 heteroatoms. The number of unbranched alkanes of at least 4 members (excludes halogenated alkanes) is 2. The van der Waals surface area contributed by atoms with E-state index in [0.29, 0.717) is 30.1 Å². The van der Waals surface area contributed by atoms with Gasteiger partial charge in [-0.1, -0.05) is 79.1 Å². The van der Waals surface area contributed by atoms with E-state index in [1.54, 1.807) is 6.07 Å². The molecule has 1 fully saturated rings. The molecule has 1 aromatic carbocycles. The van der Waals surface area contributed by atoms with Crippen LogP contribution in [0.5, 0.6) is 11.5 Å². The molecule has 0 radical (unpaired) electrons. The largest absolute Gasteiger partial charge is 0.504 e. The zero-order valence-corrected chi connectivity index (χ0v) is 21.1. The van der Waals surface area contributed by atoms with Gasteiger partial charge in [-0.05, 0) is 30.4 Å². The third kappa shape index (κ3) is 6.87. The van der Waals surface area contributed by atoms with Crippen molar-refractivity contribution >= 4 is 11.9 Å². The first-order valence-electron chi connectivity index (χ1n) is 12.7. The second-order valence-corrected chi connectivity index (χ2v) is 9.26. The highest BCUT2D eigenvalue weighted by molar-refractivity contribution is 5.93. The van der Waals surface area contributed by atoms with Crippen molar-refractivity contribution in [1.29, 1.82) is 0 Å². The predicted molar refractivity (Wildman–Crippen MR) is 128 cm³/mol. The van der Waals surface area contributed by atoms with Gasteiger partial charge < -0.3 is 19.3 Å². The van der Waals surface area contributed by atoms with Gasteiger partial charge in [-0.2, -0.15) is 0 Å². The van der Waals surface area contributed by atoms with Crippen LogP contribution in [0.4, 0.5) is 0 Å². The number of hydrogen-bond acceptors (Lipinski definition) is 6. The third-order valence-corrected chi connectivity index (χ3v) is 6.84. The summed E-state index contributed by atoms with van der Waals surface area (Å²) in [4.78, 5) is 25.0. The standard InChI is InChI=1S/C27H42O6/c1-6-10-12-19(8-3)16-21-22(14-15-23(28)26(21)31-5)27(18-20(9-4)13-11-7-2)32-24(29)17-25(30)33-27/h14-15,19-20,28H,6-13,16-18H2,1-5H3. The van der Waals surface area contributed by atoms with Gasteiger partial charge in [0.25, 0.3) is 5.79 Å². The Balaban J connectivity index is 2.61. The second kappa shape index (κ2) is 12.9. The van der Waals surface area contributed by atoms with Crippen molar-refractivity contribution in [2.45, 2.75) is 104 Å². The number of phenolic OH excluding ortho intramolecular Hbond substituents is 1. The molecule has 0 amide bonds. The summed E-state index contributed by atoms with van der Waals surface area (Å²) in [6.07, 6.45) is 8.86. The van der Waals surface area contributed by atoms with Gasteiger partial charge in [0.05, 0.1) is 7.11 Å². The van der Waals surface area contributed by atoms with Gasteiger partial charge in [0, 0.05) is 17.5 Å². The number of ether oxygens (including phenoxy) is 3. The molecule has 6 nitrogen and oxygen atoms in total. The summed E-state index contributed by atoms with van der Waals surface area (Å²) in [7, 11) is 1.52. The Morgan fingerprint density at radius 3 is 2.06 bits per heavy atom. The highest BCUT2D eigenvalue weighted by atomic mass is 16.7. The molecular weight excluding hydrogens is 420 g/mol. The Kier molecular flexibility index (Phi) is 10.5. The van der Waals surface area contributed by atoms with Crippen LogP contribution >= 0.6 is 0 Å². The van der Waals surface area contributed by atoms with E-state index in [4.69, 9.17) is 14.2 Å². The fourth-order valence-corrected chi connectivity index (χ4v) is 4.84. The van der Waals surface area contributed by atoms with Crippen LogP contribution in [0.15, 0.2) is 12.1 Å². The number of benzene rings is 1.